The van der Waals surface area contributed by atoms with Gasteiger partial charge in [0.2, 0.25) is 10.0 Å². The van der Waals surface area contributed by atoms with Gasteiger partial charge in [0.05, 0.1) is 29.0 Å². The highest BCUT2D eigenvalue weighted by Gasteiger charge is 2.23. The Hall–Kier alpha value is -1.61. The molecule has 0 unspecified atom stereocenters. The van der Waals surface area contributed by atoms with Crippen molar-refractivity contribution in [2.24, 2.45) is 0 Å². The molecule has 108 valence electrons. The summed E-state index contributed by atoms with van der Waals surface area (Å²) in [6.07, 6.45) is 1.60. The Morgan fingerprint density at radius 3 is 2.81 bits per heavy atom. The first-order valence-electron chi connectivity index (χ1n) is 5.88. The molecular weight excluding hydrogens is 332 g/mol. The number of halogens is 1. The molecule has 0 bridgehead atoms. The van der Waals surface area contributed by atoms with Crippen LogP contribution >= 0.6 is 23.3 Å². The maximum Gasteiger partial charge on any atom is 0.244 e. The maximum atomic E-state index is 12.5. The summed E-state index contributed by atoms with van der Waals surface area (Å²) in [5.41, 5.74) is 1.39. The molecule has 3 rings (SSSR count). The van der Waals surface area contributed by atoms with E-state index in [0.717, 1.165) is 11.7 Å². The molecule has 21 heavy (non-hydrogen) atoms. The number of hydrogen-bond acceptors (Lipinski definition) is 6. The second kappa shape index (κ2) is 5.64. The van der Waals surface area contributed by atoms with Crippen molar-refractivity contribution >= 4 is 44.4 Å². The number of sulfonamides is 1. The fraction of sp³-hybridized carbons (Fsp3) is 0.0833. The minimum atomic E-state index is -3.80. The molecule has 0 saturated heterocycles. The molecule has 0 atom stereocenters. The van der Waals surface area contributed by atoms with Crippen molar-refractivity contribution in [3.63, 3.8) is 0 Å². The van der Waals surface area contributed by atoms with Crippen LogP contribution in [0.3, 0.4) is 0 Å². The molecule has 9 heteroatoms. The Morgan fingerprint density at radius 1 is 1.19 bits per heavy atom. The lowest BCUT2D eigenvalue weighted by Crippen LogP contribution is -2.24. The average Bonchev–Trinajstić information content (AvgIpc) is 2.94. The summed E-state index contributed by atoms with van der Waals surface area (Å²) in [7, 11) is -3.80. The van der Waals surface area contributed by atoms with Gasteiger partial charge in [-0.1, -0.05) is 17.7 Å². The van der Waals surface area contributed by atoms with Crippen molar-refractivity contribution in [3.05, 3.63) is 47.2 Å². The number of nitrogens with one attached hydrogen (secondary N) is 1. The first kappa shape index (κ1) is 14.3. The van der Waals surface area contributed by atoms with Crippen LogP contribution in [0.15, 0.2) is 41.4 Å². The van der Waals surface area contributed by atoms with Crippen LogP contribution < -0.4 is 4.72 Å². The molecule has 2 aromatic heterocycles. The highest BCUT2D eigenvalue weighted by Crippen LogP contribution is 2.28. The highest BCUT2D eigenvalue weighted by molar-refractivity contribution is 7.89. The fourth-order valence-electron chi connectivity index (χ4n) is 1.80. The highest BCUT2D eigenvalue weighted by atomic mass is 35.5. The van der Waals surface area contributed by atoms with Gasteiger partial charge in [-0.3, -0.25) is 4.98 Å². The van der Waals surface area contributed by atoms with Crippen LogP contribution in [-0.2, 0) is 16.6 Å². The summed E-state index contributed by atoms with van der Waals surface area (Å²) < 4.78 is 35.4. The first-order valence-corrected chi connectivity index (χ1v) is 8.47. The van der Waals surface area contributed by atoms with Crippen molar-refractivity contribution in [3.8, 4) is 0 Å². The zero-order valence-electron chi connectivity index (χ0n) is 10.5. The minimum absolute atomic E-state index is 0.0497. The van der Waals surface area contributed by atoms with Gasteiger partial charge in [0.15, 0.2) is 0 Å². The Balaban J connectivity index is 1.97. The predicted molar refractivity (Wildman–Crippen MR) is 80.7 cm³/mol. The second-order valence-corrected chi connectivity index (χ2v) is 6.79. The van der Waals surface area contributed by atoms with Gasteiger partial charge in [-0.2, -0.15) is 8.75 Å². The molecule has 3 aromatic rings. The van der Waals surface area contributed by atoms with Crippen LogP contribution in [0.5, 0.6) is 0 Å². The Labute approximate surface area is 130 Å². The van der Waals surface area contributed by atoms with Crippen LogP contribution in [0.1, 0.15) is 5.69 Å². The van der Waals surface area contributed by atoms with Gasteiger partial charge in [-0.25, -0.2) is 13.1 Å². The van der Waals surface area contributed by atoms with Gasteiger partial charge in [0, 0.05) is 6.20 Å². The van der Waals surface area contributed by atoms with Gasteiger partial charge >= 0.3 is 0 Å². The molecule has 0 aliphatic carbocycles. The standard InChI is InChI=1S/C12H9ClN4O2S2/c13-9-4-5-10-11(17-20-16-10)12(9)21(18,19)15-7-8-3-1-2-6-14-8/h1-6,15H,7H2. The van der Waals surface area contributed by atoms with Crippen molar-refractivity contribution in [1.82, 2.24) is 18.5 Å². The molecule has 0 saturated carbocycles. The first-order chi connectivity index (χ1) is 10.1. The molecule has 0 spiro atoms. The number of nitrogens with zero attached hydrogens (tertiary/aromatic N) is 3. The zero-order valence-corrected chi connectivity index (χ0v) is 12.9. The summed E-state index contributed by atoms with van der Waals surface area (Å²) in [5, 5.41) is 0.115. The van der Waals surface area contributed by atoms with Crippen molar-refractivity contribution in [2.45, 2.75) is 11.4 Å². The molecule has 1 aromatic carbocycles. The van der Waals surface area contributed by atoms with Crippen LogP contribution in [0.4, 0.5) is 0 Å². The lowest BCUT2D eigenvalue weighted by molar-refractivity contribution is 0.581. The molecule has 0 radical (unpaired) electrons. The van der Waals surface area contributed by atoms with E-state index in [-0.39, 0.29) is 22.0 Å². The second-order valence-electron chi connectivity index (χ2n) is 4.15. The van der Waals surface area contributed by atoms with Crippen molar-refractivity contribution in [2.75, 3.05) is 0 Å². The number of rotatable bonds is 4. The maximum absolute atomic E-state index is 12.5. The summed E-state index contributed by atoms with van der Waals surface area (Å²) in [6, 6.07) is 8.42. The number of aromatic nitrogens is 3. The van der Waals surface area contributed by atoms with Crippen molar-refractivity contribution in [1.29, 1.82) is 0 Å². The van der Waals surface area contributed by atoms with Crippen LogP contribution in [0, 0.1) is 0 Å². The minimum Gasteiger partial charge on any atom is -0.260 e. The molecular formula is C12H9ClN4O2S2. The van der Waals surface area contributed by atoms with E-state index in [1.807, 2.05) is 0 Å². The monoisotopic (exact) mass is 340 g/mol. The zero-order chi connectivity index (χ0) is 14.9. The van der Waals surface area contributed by atoms with Gasteiger partial charge in [-0.15, -0.1) is 0 Å². The van der Waals surface area contributed by atoms with Gasteiger partial charge in [0.1, 0.15) is 15.9 Å². The van der Waals surface area contributed by atoms with Crippen molar-refractivity contribution < 1.29 is 8.42 Å². The van der Waals surface area contributed by atoms with Gasteiger partial charge < -0.3 is 0 Å². The lowest BCUT2D eigenvalue weighted by Gasteiger charge is -2.08. The van der Waals surface area contributed by atoms with E-state index in [0.29, 0.717) is 11.2 Å². The molecule has 0 aliphatic heterocycles. The quantitative estimate of drug-likeness (QED) is 0.787. The smallest absolute Gasteiger partial charge is 0.244 e. The third-order valence-corrected chi connectivity index (χ3v) is 5.22. The van der Waals surface area contributed by atoms with E-state index in [9.17, 15) is 8.42 Å². The third-order valence-electron chi connectivity index (χ3n) is 2.77. The predicted octanol–water partition coefficient (Wildman–Crippen LogP) is 2.22. The van der Waals surface area contributed by atoms with E-state index in [1.165, 1.54) is 6.07 Å². The SMILES string of the molecule is O=S(=O)(NCc1ccccn1)c1c(Cl)ccc2nsnc12. The van der Waals surface area contributed by atoms with Gasteiger partial charge in [0.25, 0.3) is 0 Å². The fourth-order valence-corrected chi connectivity index (χ4v) is 4.07. The number of hydrogen-bond donors (Lipinski definition) is 1. The van der Waals surface area contributed by atoms with E-state index < -0.39 is 10.0 Å². The third kappa shape index (κ3) is 2.88. The molecule has 6 nitrogen and oxygen atoms in total. The van der Waals surface area contributed by atoms with E-state index in [1.54, 1.807) is 30.5 Å². The number of pyridine rings is 1. The summed E-state index contributed by atoms with van der Waals surface area (Å²) in [5.74, 6) is 0. The van der Waals surface area contributed by atoms with Crippen LogP contribution in [0.25, 0.3) is 11.0 Å². The number of fused-ring (bicyclic) bond motifs is 1. The van der Waals surface area contributed by atoms with Gasteiger partial charge in [-0.05, 0) is 24.3 Å². The molecule has 2 heterocycles. The normalized spacial score (nSPS) is 11.9. The van der Waals surface area contributed by atoms with Crippen LogP contribution in [0.2, 0.25) is 5.02 Å². The lowest BCUT2D eigenvalue weighted by atomic mass is 10.3. The Bertz CT molecular complexity index is 881. The van der Waals surface area contributed by atoms with E-state index in [4.69, 9.17) is 11.6 Å². The summed E-state index contributed by atoms with van der Waals surface area (Å²) >= 11 is 6.97. The van der Waals surface area contributed by atoms with Crippen LogP contribution in [-0.4, -0.2) is 22.1 Å². The summed E-state index contributed by atoms with van der Waals surface area (Å²) in [6.45, 7) is 0.0768. The topological polar surface area (TPSA) is 84.8 Å². The van der Waals surface area contributed by atoms with E-state index in [2.05, 4.69) is 18.5 Å². The molecule has 1 N–H and O–H groups in total. The molecule has 0 fully saturated rings. The summed E-state index contributed by atoms with van der Waals surface area (Å²) in [4.78, 5) is 4.01. The largest absolute Gasteiger partial charge is 0.260 e. The Morgan fingerprint density at radius 2 is 2.05 bits per heavy atom. The molecule has 0 amide bonds. The number of benzene rings is 1. The average molecular weight is 341 g/mol. The molecule has 0 aliphatic rings. The Kier molecular flexibility index (Phi) is 3.85. The van der Waals surface area contributed by atoms with E-state index >= 15 is 0 Å².